The van der Waals surface area contributed by atoms with Crippen molar-refractivity contribution in [3.63, 3.8) is 0 Å². The van der Waals surface area contributed by atoms with Crippen LogP contribution < -0.4 is 0 Å². The van der Waals surface area contributed by atoms with E-state index < -0.39 is 0 Å². The molecule has 0 fully saturated rings. The minimum Gasteiger partial charge on any atom is -0.466 e. The molecule has 3 nitrogen and oxygen atoms in total. The molecule has 2 rings (SSSR count). The lowest BCUT2D eigenvalue weighted by molar-refractivity contribution is 0.0782. The third-order valence-electron chi connectivity index (χ3n) is 3.45. The second-order valence-corrected chi connectivity index (χ2v) is 5.92. The Kier molecular flexibility index (Phi) is 4.33. The molecule has 0 bridgehead atoms. The van der Waals surface area contributed by atoms with Crippen molar-refractivity contribution in [1.29, 1.82) is 0 Å². The topological polar surface area (TPSA) is 33.5 Å². The van der Waals surface area contributed by atoms with Crippen LogP contribution in [0.3, 0.4) is 0 Å². The standard InChI is InChI=1S/C16H18BrNO2/c1-10-11(2)20-12(3)15(10)16(19)18(4)9-13-5-7-14(17)8-6-13/h5-8H,9H2,1-4H3. The molecule has 0 unspecified atom stereocenters. The predicted octanol–water partition coefficient (Wildman–Crippen LogP) is 4.24. The van der Waals surface area contributed by atoms with E-state index in [-0.39, 0.29) is 5.91 Å². The zero-order valence-corrected chi connectivity index (χ0v) is 13.7. The minimum absolute atomic E-state index is 0.000214. The SMILES string of the molecule is Cc1oc(C)c(C(=O)N(C)Cc2ccc(Br)cc2)c1C. The number of rotatable bonds is 3. The lowest BCUT2D eigenvalue weighted by atomic mass is 10.1. The lowest BCUT2D eigenvalue weighted by Crippen LogP contribution is -2.27. The van der Waals surface area contributed by atoms with Crippen molar-refractivity contribution in [2.24, 2.45) is 0 Å². The molecule has 1 heterocycles. The fraction of sp³-hybridized carbons (Fsp3) is 0.312. The summed E-state index contributed by atoms with van der Waals surface area (Å²) in [5.41, 5.74) is 2.71. The van der Waals surface area contributed by atoms with Crippen LogP contribution in [0.25, 0.3) is 0 Å². The van der Waals surface area contributed by atoms with Crippen LogP contribution in [-0.2, 0) is 6.54 Å². The van der Waals surface area contributed by atoms with Crippen molar-refractivity contribution < 1.29 is 9.21 Å². The predicted molar refractivity (Wildman–Crippen MR) is 82.9 cm³/mol. The van der Waals surface area contributed by atoms with E-state index in [4.69, 9.17) is 4.42 Å². The van der Waals surface area contributed by atoms with Gasteiger partial charge in [0.1, 0.15) is 11.5 Å². The first-order valence-electron chi connectivity index (χ1n) is 6.46. The molecule has 4 heteroatoms. The van der Waals surface area contributed by atoms with Crippen molar-refractivity contribution in [3.05, 3.63) is 56.9 Å². The maximum absolute atomic E-state index is 12.5. The highest BCUT2D eigenvalue weighted by Crippen LogP contribution is 2.22. The zero-order valence-electron chi connectivity index (χ0n) is 12.2. The van der Waals surface area contributed by atoms with Crippen LogP contribution in [0.5, 0.6) is 0 Å². The molecular weight excluding hydrogens is 318 g/mol. The second kappa shape index (κ2) is 5.83. The third-order valence-corrected chi connectivity index (χ3v) is 3.98. The van der Waals surface area contributed by atoms with Crippen LogP contribution in [0.1, 0.15) is 33.0 Å². The van der Waals surface area contributed by atoms with Gasteiger partial charge in [-0.05, 0) is 38.5 Å². The van der Waals surface area contributed by atoms with Crippen molar-refractivity contribution in [1.82, 2.24) is 4.90 Å². The van der Waals surface area contributed by atoms with Gasteiger partial charge in [0.2, 0.25) is 0 Å². The first kappa shape index (κ1) is 14.9. The highest BCUT2D eigenvalue weighted by atomic mass is 79.9. The van der Waals surface area contributed by atoms with Crippen molar-refractivity contribution >= 4 is 21.8 Å². The van der Waals surface area contributed by atoms with Crippen LogP contribution in [0.2, 0.25) is 0 Å². The van der Waals surface area contributed by atoms with Gasteiger partial charge >= 0.3 is 0 Å². The van der Waals surface area contributed by atoms with Crippen LogP contribution in [0.15, 0.2) is 33.2 Å². The number of aryl methyl sites for hydroxylation is 2. The van der Waals surface area contributed by atoms with Crippen LogP contribution >= 0.6 is 15.9 Å². The number of carbonyl (C=O) groups excluding carboxylic acids is 1. The van der Waals surface area contributed by atoms with Gasteiger partial charge in [0.15, 0.2) is 0 Å². The normalized spacial score (nSPS) is 10.7. The number of amides is 1. The molecule has 0 saturated heterocycles. The second-order valence-electron chi connectivity index (χ2n) is 5.00. The molecule has 0 saturated carbocycles. The van der Waals surface area contributed by atoms with E-state index in [9.17, 15) is 4.79 Å². The Morgan fingerprint density at radius 1 is 1.15 bits per heavy atom. The van der Waals surface area contributed by atoms with E-state index in [0.717, 1.165) is 21.4 Å². The van der Waals surface area contributed by atoms with E-state index in [1.165, 1.54) is 0 Å². The fourth-order valence-corrected chi connectivity index (χ4v) is 2.50. The molecule has 1 aromatic heterocycles. The quantitative estimate of drug-likeness (QED) is 0.840. The Morgan fingerprint density at radius 3 is 2.25 bits per heavy atom. The van der Waals surface area contributed by atoms with E-state index in [1.807, 2.05) is 52.1 Å². The first-order chi connectivity index (χ1) is 9.40. The first-order valence-corrected chi connectivity index (χ1v) is 7.26. The summed E-state index contributed by atoms with van der Waals surface area (Å²) in [6.45, 7) is 6.22. The van der Waals surface area contributed by atoms with E-state index in [2.05, 4.69) is 15.9 Å². The average molecular weight is 336 g/mol. The van der Waals surface area contributed by atoms with Gasteiger partial charge in [-0.2, -0.15) is 0 Å². The molecule has 0 N–H and O–H groups in total. The smallest absolute Gasteiger partial charge is 0.257 e. The van der Waals surface area contributed by atoms with Crippen molar-refractivity contribution in [3.8, 4) is 0 Å². The highest BCUT2D eigenvalue weighted by molar-refractivity contribution is 9.10. The lowest BCUT2D eigenvalue weighted by Gasteiger charge is -2.17. The molecule has 20 heavy (non-hydrogen) atoms. The van der Waals surface area contributed by atoms with Gasteiger partial charge in [0.25, 0.3) is 5.91 Å². The summed E-state index contributed by atoms with van der Waals surface area (Å²) in [6.07, 6.45) is 0. The molecule has 106 valence electrons. The molecule has 0 atom stereocenters. The number of benzene rings is 1. The maximum Gasteiger partial charge on any atom is 0.257 e. The molecule has 1 aromatic carbocycles. The summed E-state index contributed by atoms with van der Waals surface area (Å²) >= 11 is 3.41. The summed E-state index contributed by atoms with van der Waals surface area (Å²) in [5, 5.41) is 0. The van der Waals surface area contributed by atoms with Gasteiger partial charge < -0.3 is 9.32 Å². The number of hydrogen-bond acceptors (Lipinski definition) is 2. The molecule has 2 aromatic rings. The van der Waals surface area contributed by atoms with Gasteiger partial charge in [0, 0.05) is 23.6 Å². The Balaban J connectivity index is 2.18. The molecule has 0 aliphatic heterocycles. The Bertz CT molecular complexity index is 629. The highest BCUT2D eigenvalue weighted by Gasteiger charge is 2.21. The number of furan rings is 1. The van der Waals surface area contributed by atoms with E-state index in [0.29, 0.717) is 17.9 Å². The Hall–Kier alpha value is -1.55. The molecule has 0 aliphatic carbocycles. The third kappa shape index (κ3) is 2.96. The molecular formula is C16H18BrNO2. The Labute approximate surface area is 127 Å². The number of halogens is 1. The fourth-order valence-electron chi connectivity index (χ4n) is 2.23. The number of nitrogens with zero attached hydrogens (tertiary/aromatic N) is 1. The molecule has 1 amide bonds. The van der Waals surface area contributed by atoms with Crippen LogP contribution in [-0.4, -0.2) is 17.9 Å². The number of hydrogen-bond donors (Lipinski definition) is 0. The zero-order chi connectivity index (χ0) is 14.9. The van der Waals surface area contributed by atoms with E-state index in [1.54, 1.807) is 4.90 Å². The molecule has 0 radical (unpaired) electrons. The van der Waals surface area contributed by atoms with Gasteiger partial charge in [0.05, 0.1) is 5.56 Å². The summed E-state index contributed by atoms with van der Waals surface area (Å²) < 4.78 is 6.56. The maximum atomic E-state index is 12.5. The minimum atomic E-state index is -0.000214. The van der Waals surface area contributed by atoms with E-state index >= 15 is 0 Å². The van der Waals surface area contributed by atoms with Crippen molar-refractivity contribution in [2.75, 3.05) is 7.05 Å². The van der Waals surface area contributed by atoms with Gasteiger partial charge in [-0.1, -0.05) is 28.1 Å². The van der Waals surface area contributed by atoms with Crippen LogP contribution in [0, 0.1) is 20.8 Å². The summed E-state index contributed by atoms with van der Waals surface area (Å²) in [6, 6.07) is 7.97. The summed E-state index contributed by atoms with van der Waals surface area (Å²) in [5.74, 6) is 1.50. The summed E-state index contributed by atoms with van der Waals surface area (Å²) in [7, 11) is 1.81. The average Bonchev–Trinajstić information content (AvgIpc) is 2.65. The van der Waals surface area contributed by atoms with Crippen molar-refractivity contribution in [2.45, 2.75) is 27.3 Å². The molecule has 0 spiro atoms. The van der Waals surface area contributed by atoms with Gasteiger partial charge in [-0.3, -0.25) is 4.79 Å². The Morgan fingerprint density at radius 2 is 1.75 bits per heavy atom. The van der Waals surface area contributed by atoms with Crippen LogP contribution in [0.4, 0.5) is 0 Å². The molecule has 0 aliphatic rings. The number of carbonyl (C=O) groups is 1. The summed E-state index contributed by atoms with van der Waals surface area (Å²) in [4.78, 5) is 14.2. The largest absolute Gasteiger partial charge is 0.466 e. The van der Waals surface area contributed by atoms with Gasteiger partial charge in [-0.25, -0.2) is 0 Å². The monoisotopic (exact) mass is 335 g/mol. The van der Waals surface area contributed by atoms with Gasteiger partial charge in [-0.15, -0.1) is 0 Å².